The van der Waals surface area contributed by atoms with Crippen molar-refractivity contribution in [1.29, 1.82) is 0 Å². The first-order valence-corrected chi connectivity index (χ1v) is 9.65. The van der Waals surface area contributed by atoms with E-state index < -0.39 is 10.0 Å². The molecule has 0 saturated carbocycles. The van der Waals surface area contributed by atoms with Gasteiger partial charge in [-0.1, -0.05) is 18.2 Å². The van der Waals surface area contributed by atoms with Crippen molar-refractivity contribution in [1.82, 2.24) is 14.7 Å². The van der Waals surface area contributed by atoms with Crippen molar-refractivity contribution >= 4 is 10.0 Å². The number of benzene rings is 1. The first kappa shape index (κ1) is 18.0. The molecule has 7 heteroatoms. The molecule has 6 nitrogen and oxygen atoms in total. The van der Waals surface area contributed by atoms with E-state index in [9.17, 15) is 8.42 Å². The Balaban J connectivity index is 1.72. The molecular weight excluding hydrogens is 350 g/mol. The molecule has 3 rings (SSSR count). The second kappa shape index (κ2) is 8.07. The predicted molar refractivity (Wildman–Crippen MR) is 99.1 cm³/mol. The maximum absolute atomic E-state index is 12.6. The number of hydrogen-bond acceptors (Lipinski definition) is 5. The lowest BCUT2D eigenvalue weighted by atomic mass is 10.1. The van der Waals surface area contributed by atoms with Crippen molar-refractivity contribution in [2.45, 2.75) is 18.4 Å². The molecule has 0 amide bonds. The highest BCUT2D eigenvalue weighted by Crippen LogP contribution is 2.23. The van der Waals surface area contributed by atoms with Gasteiger partial charge in [0.1, 0.15) is 10.6 Å². The van der Waals surface area contributed by atoms with Crippen LogP contribution in [0.2, 0.25) is 0 Å². The van der Waals surface area contributed by atoms with Gasteiger partial charge in [0, 0.05) is 30.7 Å². The molecule has 0 aliphatic heterocycles. The van der Waals surface area contributed by atoms with E-state index in [0.717, 1.165) is 16.8 Å². The Kier molecular flexibility index (Phi) is 5.60. The smallest absolute Gasteiger partial charge is 0.244 e. The van der Waals surface area contributed by atoms with Gasteiger partial charge in [-0.3, -0.25) is 9.97 Å². The minimum Gasteiger partial charge on any atom is -0.492 e. The quantitative estimate of drug-likeness (QED) is 0.692. The molecule has 1 aromatic carbocycles. The second-order valence-electron chi connectivity index (χ2n) is 5.50. The molecule has 0 unspecified atom stereocenters. The maximum atomic E-state index is 12.6. The van der Waals surface area contributed by atoms with E-state index in [1.807, 2.05) is 31.2 Å². The largest absolute Gasteiger partial charge is 0.492 e. The van der Waals surface area contributed by atoms with E-state index in [0.29, 0.717) is 12.4 Å². The normalized spacial score (nSPS) is 11.3. The molecule has 0 spiro atoms. The van der Waals surface area contributed by atoms with Crippen molar-refractivity contribution in [3.63, 3.8) is 0 Å². The van der Waals surface area contributed by atoms with Crippen LogP contribution in [0.1, 0.15) is 12.5 Å². The SMILES string of the molecule is CCOc1ccccc1S(=O)(=O)NCc1ccc(-c2cccnc2)nc1. The van der Waals surface area contributed by atoms with Crippen LogP contribution in [0, 0.1) is 0 Å². The van der Waals surface area contributed by atoms with Crippen LogP contribution in [-0.2, 0) is 16.6 Å². The van der Waals surface area contributed by atoms with E-state index in [4.69, 9.17) is 4.74 Å². The Hall–Kier alpha value is -2.77. The molecule has 0 bridgehead atoms. The third-order valence-electron chi connectivity index (χ3n) is 3.69. The number of ether oxygens (including phenoxy) is 1. The lowest BCUT2D eigenvalue weighted by molar-refractivity contribution is 0.331. The Morgan fingerprint density at radius 3 is 2.58 bits per heavy atom. The number of hydrogen-bond donors (Lipinski definition) is 1. The lowest BCUT2D eigenvalue weighted by Gasteiger charge is -2.11. The second-order valence-corrected chi connectivity index (χ2v) is 7.23. The first-order chi connectivity index (χ1) is 12.6. The molecule has 0 saturated heterocycles. The summed E-state index contributed by atoms with van der Waals surface area (Å²) in [6.07, 6.45) is 5.08. The lowest BCUT2D eigenvalue weighted by Crippen LogP contribution is -2.24. The topological polar surface area (TPSA) is 81.2 Å². The molecule has 1 N–H and O–H groups in total. The Morgan fingerprint density at radius 2 is 1.88 bits per heavy atom. The number of nitrogens with zero attached hydrogens (tertiary/aromatic N) is 2. The van der Waals surface area contributed by atoms with Crippen molar-refractivity contribution in [2.24, 2.45) is 0 Å². The highest BCUT2D eigenvalue weighted by atomic mass is 32.2. The molecule has 26 heavy (non-hydrogen) atoms. The standard InChI is InChI=1S/C19H19N3O3S/c1-2-25-18-7-3-4-8-19(18)26(23,24)22-13-15-9-10-17(21-12-15)16-6-5-11-20-14-16/h3-12,14,22H,2,13H2,1H3. The van der Waals surface area contributed by atoms with Gasteiger partial charge in [-0.2, -0.15) is 0 Å². The zero-order valence-electron chi connectivity index (χ0n) is 14.3. The van der Waals surface area contributed by atoms with E-state index >= 15 is 0 Å². The van der Waals surface area contributed by atoms with Gasteiger partial charge in [0.15, 0.2) is 0 Å². The summed E-state index contributed by atoms with van der Waals surface area (Å²) < 4.78 is 33.1. The summed E-state index contributed by atoms with van der Waals surface area (Å²) in [5.74, 6) is 0.340. The van der Waals surface area contributed by atoms with Gasteiger partial charge in [0.25, 0.3) is 0 Å². The third-order valence-corrected chi connectivity index (χ3v) is 5.13. The summed E-state index contributed by atoms with van der Waals surface area (Å²) in [6.45, 7) is 2.35. The van der Waals surface area contributed by atoms with Gasteiger partial charge >= 0.3 is 0 Å². The Morgan fingerprint density at radius 1 is 1.04 bits per heavy atom. The average Bonchev–Trinajstić information content (AvgIpc) is 2.68. The molecule has 3 aromatic rings. The van der Waals surface area contributed by atoms with E-state index in [2.05, 4.69) is 14.7 Å². The molecule has 134 valence electrons. The van der Waals surface area contributed by atoms with Gasteiger partial charge in [-0.15, -0.1) is 0 Å². The fourth-order valence-corrected chi connectivity index (χ4v) is 3.58. The summed E-state index contributed by atoms with van der Waals surface area (Å²) >= 11 is 0. The minimum absolute atomic E-state index is 0.127. The van der Waals surface area contributed by atoms with Gasteiger partial charge in [0.2, 0.25) is 10.0 Å². The number of sulfonamides is 1. The molecule has 2 aromatic heterocycles. The van der Waals surface area contributed by atoms with Crippen LogP contribution < -0.4 is 9.46 Å². The van der Waals surface area contributed by atoms with Crippen LogP contribution in [-0.4, -0.2) is 25.0 Å². The Labute approximate surface area is 153 Å². The molecule has 0 atom stereocenters. The first-order valence-electron chi connectivity index (χ1n) is 8.17. The van der Waals surface area contributed by atoms with Crippen LogP contribution >= 0.6 is 0 Å². The predicted octanol–water partition coefficient (Wildman–Crippen LogP) is 3.02. The summed E-state index contributed by atoms with van der Waals surface area (Å²) in [4.78, 5) is 8.56. The van der Waals surface area contributed by atoms with Gasteiger partial charge < -0.3 is 4.74 Å². The monoisotopic (exact) mass is 369 g/mol. The van der Waals surface area contributed by atoms with Crippen LogP contribution in [0.3, 0.4) is 0 Å². The maximum Gasteiger partial charge on any atom is 0.244 e. The van der Waals surface area contributed by atoms with Gasteiger partial charge in [-0.25, -0.2) is 13.1 Å². The van der Waals surface area contributed by atoms with E-state index in [-0.39, 0.29) is 11.4 Å². The van der Waals surface area contributed by atoms with E-state index in [1.165, 1.54) is 6.07 Å². The summed E-state index contributed by atoms with van der Waals surface area (Å²) in [5.41, 5.74) is 2.45. The summed E-state index contributed by atoms with van der Waals surface area (Å²) in [6, 6.07) is 14.0. The van der Waals surface area contributed by atoms with Crippen LogP contribution in [0.25, 0.3) is 11.3 Å². The molecule has 2 heterocycles. The fraction of sp³-hybridized carbons (Fsp3) is 0.158. The van der Waals surface area contributed by atoms with Crippen molar-refractivity contribution < 1.29 is 13.2 Å². The van der Waals surface area contributed by atoms with Gasteiger partial charge in [0.05, 0.1) is 12.3 Å². The average molecular weight is 369 g/mol. The number of pyridine rings is 2. The van der Waals surface area contributed by atoms with Crippen molar-refractivity contribution in [2.75, 3.05) is 6.61 Å². The highest BCUT2D eigenvalue weighted by molar-refractivity contribution is 7.89. The fourth-order valence-electron chi connectivity index (χ4n) is 2.42. The van der Waals surface area contributed by atoms with E-state index in [1.54, 1.807) is 36.8 Å². The molecule has 0 fully saturated rings. The zero-order valence-corrected chi connectivity index (χ0v) is 15.1. The van der Waals surface area contributed by atoms with Gasteiger partial charge in [-0.05, 0) is 42.8 Å². The molecular formula is C19H19N3O3S. The van der Waals surface area contributed by atoms with Crippen LogP contribution in [0.4, 0.5) is 0 Å². The summed E-state index contributed by atoms with van der Waals surface area (Å²) in [7, 11) is -3.69. The van der Waals surface area contributed by atoms with Crippen molar-refractivity contribution in [3.05, 3.63) is 72.7 Å². The summed E-state index contributed by atoms with van der Waals surface area (Å²) in [5, 5.41) is 0. The number of para-hydroxylation sites is 1. The number of aromatic nitrogens is 2. The molecule has 0 radical (unpaired) electrons. The minimum atomic E-state index is -3.69. The highest BCUT2D eigenvalue weighted by Gasteiger charge is 2.18. The third kappa shape index (κ3) is 4.25. The van der Waals surface area contributed by atoms with Crippen LogP contribution in [0.5, 0.6) is 5.75 Å². The zero-order chi connectivity index (χ0) is 18.4. The van der Waals surface area contributed by atoms with Crippen LogP contribution in [0.15, 0.2) is 72.0 Å². The number of rotatable bonds is 7. The molecule has 0 aliphatic rings. The number of nitrogens with one attached hydrogen (secondary N) is 1. The Bertz CT molecular complexity index is 959. The molecule has 0 aliphatic carbocycles. The van der Waals surface area contributed by atoms with Crippen molar-refractivity contribution in [3.8, 4) is 17.0 Å².